The van der Waals surface area contributed by atoms with Crippen molar-refractivity contribution in [1.82, 2.24) is 15.0 Å². The van der Waals surface area contributed by atoms with Gasteiger partial charge in [0.1, 0.15) is 0 Å². The molecule has 2 aliphatic heterocycles. The predicted octanol–water partition coefficient (Wildman–Crippen LogP) is 4.11. The first-order valence-electron chi connectivity index (χ1n) is 13.7. The van der Waals surface area contributed by atoms with Crippen LogP contribution in [0.15, 0.2) is 65.3 Å². The fourth-order valence-corrected chi connectivity index (χ4v) is 5.80. The Labute approximate surface area is 242 Å². The van der Waals surface area contributed by atoms with Crippen LogP contribution in [0, 0.1) is 5.92 Å². The second kappa shape index (κ2) is 12.0. The zero-order valence-electron chi connectivity index (χ0n) is 22.5. The summed E-state index contributed by atoms with van der Waals surface area (Å²) in [6, 6.07) is 13.3. The molecule has 5 rings (SSSR count). The highest BCUT2D eigenvalue weighted by molar-refractivity contribution is 9.10. The number of allylic oxidation sites excluding steroid dienone is 1. The lowest BCUT2D eigenvalue weighted by Crippen LogP contribution is -2.44. The maximum Gasteiger partial charge on any atom is 0.264 e. The van der Waals surface area contributed by atoms with Gasteiger partial charge in [0.25, 0.3) is 5.91 Å². The van der Waals surface area contributed by atoms with Crippen molar-refractivity contribution in [1.29, 1.82) is 0 Å². The van der Waals surface area contributed by atoms with E-state index in [0.717, 1.165) is 40.8 Å². The summed E-state index contributed by atoms with van der Waals surface area (Å²) in [5.41, 5.74) is 2.07. The van der Waals surface area contributed by atoms with Crippen LogP contribution in [0.25, 0.3) is 0 Å². The molecule has 0 saturated carbocycles. The van der Waals surface area contributed by atoms with E-state index < -0.39 is 11.5 Å². The monoisotopic (exact) mass is 607 g/mol. The Kier molecular flexibility index (Phi) is 8.48. The van der Waals surface area contributed by atoms with Crippen molar-refractivity contribution in [2.24, 2.45) is 5.92 Å². The molecule has 3 heterocycles. The lowest BCUT2D eigenvalue weighted by atomic mass is 9.83. The van der Waals surface area contributed by atoms with Gasteiger partial charge in [0.05, 0.1) is 17.9 Å². The first-order valence-corrected chi connectivity index (χ1v) is 14.5. The van der Waals surface area contributed by atoms with E-state index in [-0.39, 0.29) is 18.4 Å². The lowest BCUT2D eigenvalue weighted by Gasteiger charge is -2.28. The molecule has 1 aromatic heterocycles. The van der Waals surface area contributed by atoms with Gasteiger partial charge < -0.3 is 20.0 Å². The van der Waals surface area contributed by atoms with Crippen molar-refractivity contribution in [2.75, 3.05) is 23.0 Å². The van der Waals surface area contributed by atoms with E-state index in [1.54, 1.807) is 9.58 Å². The number of aryl methyl sites for hydroxylation is 1. The summed E-state index contributed by atoms with van der Waals surface area (Å²) in [5.74, 6) is -0.697. The van der Waals surface area contributed by atoms with E-state index in [1.165, 1.54) is 0 Å². The number of carbonyl (C=O) groups excluding carboxylic acids is 2. The summed E-state index contributed by atoms with van der Waals surface area (Å²) in [4.78, 5) is 29.6. The van der Waals surface area contributed by atoms with Gasteiger partial charge in [0.15, 0.2) is 5.60 Å². The number of fused-ring (bicyclic) bond motifs is 1. The number of carbonyl (C=O) groups is 2. The molecule has 2 aromatic carbocycles. The number of piperidine rings is 1. The number of hydrogen-bond donors (Lipinski definition) is 2. The number of anilines is 2. The molecule has 210 valence electrons. The molecule has 0 spiro atoms. The highest BCUT2D eigenvalue weighted by Crippen LogP contribution is 2.46. The van der Waals surface area contributed by atoms with Gasteiger partial charge in [-0.05, 0) is 55.2 Å². The lowest BCUT2D eigenvalue weighted by molar-refractivity contribution is -0.139. The van der Waals surface area contributed by atoms with Gasteiger partial charge in [-0.15, -0.1) is 5.10 Å². The minimum Gasteiger partial charge on any atom is -0.396 e. The van der Waals surface area contributed by atoms with Crippen LogP contribution in [-0.4, -0.2) is 50.2 Å². The SMILES string of the molecule is C[C@@H](/C=C/CCn1cc(CCO)nn1)[C@]1(O)C(=O)N(Cc2ccc(N3CCCCC3=O)cc2)c2ccc(Br)cc21. The molecule has 0 bridgehead atoms. The Bertz CT molecular complexity index is 1410. The van der Waals surface area contributed by atoms with E-state index >= 15 is 0 Å². The molecule has 2 N–H and O–H groups in total. The van der Waals surface area contributed by atoms with Gasteiger partial charge in [0, 0.05) is 60.4 Å². The fourth-order valence-electron chi connectivity index (χ4n) is 5.44. The number of aromatic nitrogens is 3. The molecule has 1 saturated heterocycles. The summed E-state index contributed by atoms with van der Waals surface area (Å²) >= 11 is 3.50. The number of hydrogen-bond acceptors (Lipinski definition) is 6. The molecule has 2 aliphatic rings. The Balaban J connectivity index is 1.31. The van der Waals surface area contributed by atoms with Gasteiger partial charge in [-0.2, -0.15) is 0 Å². The number of amides is 2. The molecule has 0 radical (unpaired) electrons. The normalized spacial score (nSPS) is 20.0. The highest BCUT2D eigenvalue weighted by Gasteiger charge is 2.52. The quantitative estimate of drug-likeness (QED) is 0.335. The molecule has 0 unspecified atom stereocenters. The topological polar surface area (TPSA) is 112 Å². The standard InChI is InChI=1S/C30H34BrN5O4/c1-21(6-2-4-15-34-20-24(14-17-37)32-33-34)30(40)26-18-23(31)10-13-27(26)36(29(30)39)19-22-8-11-25(12-9-22)35-16-5-3-7-28(35)38/h2,6,8-13,18,20-21,37,40H,3-5,7,14-17,19H2,1H3/b6-2+/t21-,30+/m0/s1. The van der Waals surface area contributed by atoms with Gasteiger partial charge in [0.2, 0.25) is 5.91 Å². The average molecular weight is 609 g/mol. The molecule has 2 amide bonds. The number of halogens is 1. The van der Waals surface area contributed by atoms with Gasteiger partial charge in [-0.3, -0.25) is 14.3 Å². The third kappa shape index (κ3) is 5.61. The Morgan fingerprint density at radius 1 is 1.15 bits per heavy atom. The predicted molar refractivity (Wildman–Crippen MR) is 156 cm³/mol. The maximum atomic E-state index is 13.8. The number of benzene rings is 2. The molecule has 9 nitrogen and oxygen atoms in total. The van der Waals surface area contributed by atoms with Crippen LogP contribution in [-0.2, 0) is 34.7 Å². The largest absolute Gasteiger partial charge is 0.396 e. The van der Waals surface area contributed by atoms with Crippen molar-refractivity contribution in [3.8, 4) is 0 Å². The molecule has 0 aliphatic carbocycles. The Hall–Kier alpha value is -3.34. The molecule has 1 fully saturated rings. The molecule has 3 aromatic rings. The van der Waals surface area contributed by atoms with E-state index in [0.29, 0.717) is 43.6 Å². The van der Waals surface area contributed by atoms with E-state index in [4.69, 9.17) is 5.11 Å². The highest BCUT2D eigenvalue weighted by atomic mass is 79.9. The summed E-state index contributed by atoms with van der Waals surface area (Å²) in [6.45, 7) is 3.52. The summed E-state index contributed by atoms with van der Waals surface area (Å²) in [5, 5.41) is 29.1. The fraction of sp³-hybridized carbons (Fsp3) is 0.400. The molecular weight excluding hydrogens is 574 g/mol. The zero-order chi connectivity index (χ0) is 28.3. The van der Waals surface area contributed by atoms with E-state index in [1.807, 2.05) is 72.6 Å². The average Bonchev–Trinajstić information content (AvgIpc) is 3.49. The van der Waals surface area contributed by atoms with Gasteiger partial charge in [-0.1, -0.05) is 52.4 Å². The van der Waals surface area contributed by atoms with Crippen LogP contribution < -0.4 is 9.80 Å². The molecular formula is C30H34BrN5O4. The van der Waals surface area contributed by atoms with Crippen molar-refractivity contribution in [3.63, 3.8) is 0 Å². The minimum atomic E-state index is -1.71. The Morgan fingerprint density at radius 3 is 2.70 bits per heavy atom. The van der Waals surface area contributed by atoms with Gasteiger partial charge in [-0.25, -0.2) is 0 Å². The van der Waals surface area contributed by atoms with Crippen LogP contribution in [0.1, 0.15) is 49.4 Å². The van der Waals surface area contributed by atoms with Crippen molar-refractivity contribution >= 4 is 39.1 Å². The van der Waals surface area contributed by atoms with Crippen LogP contribution >= 0.6 is 15.9 Å². The Morgan fingerprint density at radius 2 is 1.95 bits per heavy atom. The molecule has 10 heteroatoms. The summed E-state index contributed by atoms with van der Waals surface area (Å²) in [7, 11) is 0. The van der Waals surface area contributed by atoms with Crippen LogP contribution in [0.2, 0.25) is 0 Å². The number of nitrogens with zero attached hydrogens (tertiary/aromatic N) is 5. The second-order valence-corrected chi connectivity index (χ2v) is 11.4. The van der Waals surface area contributed by atoms with Crippen LogP contribution in [0.5, 0.6) is 0 Å². The first kappa shape index (κ1) is 28.2. The second-order valence-electron chi connectivity index (χ2n) is 10.4. The first-order chi connectivity index (χ1) is 19.3. The number of rotatable bonds is 10. The third-order valence-electron chi connectivity index (χ3n) is 7.71. The molecule has 40 heavy (non-hydrogen) atoms. The van der Waals surface area contributed by atoms with Crippen molar-refractivity contribution in [2.45, 2.75) is 57.7 Å². The van der Waals surface area contributed by atoms with Crippen molar-refractivity contribution in [3.05, 3.63) is 82.1 Å². The van der Waals surface area contributed by atoms with Crippen LogP contribution in [0.4, 0.5) is 11.4 Å². The van der Waals surface area contributed by atoms with E-state index in [9.17, 15) is 14.7 Å². The molecule has 2 atom stereocenters. The van der Waals surface area contributed by atoms with Crippen LogP contribution in [0.3, 0.4) is 0 Å². The maximum absolute atomic E-state index is 13.8. The number of aliphatic hydroxyl groups excluding tert-OH is 1. The number of aliphatic hydroxyl groups is 2. The zero-order valence-corrected chi connectivity index (χ0v) is 24.1. The van der Waals surface area contributed by atoms with Crippen molar-refractivity contribution < 1.29 is 19.8 Å². The van der Waals surface area contributed by atoms with E-state index in [2.05, 4.69) is 26.2 Å². The third-order valence-corrected chi connectivity index (χ3v) is 8.20. The smallest absolute Gasteiger partial charge is 0.264 e. The summed E-state index contributed by atoms with van der Waals surface area (Å²) < 4.78 is 2.51. The minimum absolute atomic E-state index is 0.0300. The van der Waals surface area contributed by atoms with Gasteiger partial charge >= 0.3 is 0 Å². The summed E-state index contributed by atoms with van der Waals surface area (Å²) in [6.07, 6.45) is 9.27.